The Bertz CT molecular complexity index is 698. The van der Waals surface area contributed by atoms with E-state index in [2.05, 4.69) is 10.2 Å². The van der Waals surface area contributed by atoms with Gasteiger partial charge in [-0.05, 0) is 6.07 Å². The fourth-order valence-corrected chi connectivity index (χ4v) is 2.77. The smallest absolute Gasteiger partial charge is 0.227 e. The summed E-state index contributed by atoms with van der Waals surface area (Å²) in [5.41, 5.74) is 0.856. The molecule has 23 heavy (non-hydrogen) atoms. The standard InChI is InChI=1S/C16H23N5O2/c1-20(2)15-11-9-13(22-3)14(23-4)10-12(11)18-16(19-15)21-7-5-17-6-8-21/h9-10,17H,5-8H2,1-4H3. The molecule has 1 aromatic heterocycles. The average Bonchev–Trinajstić information content (AvgIpc) is 2.60. The third kappa shape index (κ3) is 2.96. The van der Waals surface area contributed by atoms with Gasteiger partial charge in [-0.1, -0.05) is 0 Å². The number of benzene rings is 1. The molecule has 3 rings (SSSR count). The molecule has 7 nitrogen and oxygen atoms in total. The van der Waals surface area contributed by atoms with Crippen LogP contribution in [0.15, 0.2) is 12.1 Å². The third-order valence-electron chi connectivity index (χ3n) is 3.99. The van der Waals surface area contributed by atoms with Crippen molar-refractivity contribution in [1.29, 1.82) is 0 Å². The maximum absolute atomic E-state index is 5.41. The van der Waals surface area contributed by atoms with Crippen LogP contribution in [0.25, 0.3) is 10.9 Å². The summed E-state index contributed by atoms with van der Waals surface area (Å²) in [4.78, 5) is 13.7. The largest absolute Gasteiger partial charge is 0.493 e. The first-order chi connectivity index (χ1) is 11.1. The molecular formula is C16H23N5O2. The monoisotopic (exact) mass is 317 g/mol. The summed E-state index contributed by atoms with van der Waals surface area (Å²) < 4.78 is 10.8. The van der Waals surface area contributed by atoms with Crippen molar-refractivity contribution in [3.05, 3.63) is 12.1 Å². The lowest BCUT2D eigenvalue weighted by Crippen LogP contribution is -2.44. The molecule has 0 bridgehead atoms. The van der Waals surface area contributed by atoms with Gasteiger partial charge in [-0.15, -0.1) is 0 Å². The second kappa shape index (κ2) is 6.45. The lowest BCUT2D eigenvalue weighted by atomic mass is 10.2. The van der Waals surface area contributed by atoms with Gasteiger partial charge in [0, 0.05) is 51.7 Å². The van der Waals surface area contributed by atoms with Crippen molar-refractivity contribution in [1.82, 2.24) is 15.3 Å². The Morgan fingerprint density at radius 1 is 1.04 bits per heavy atom. The van der Waals surface area contributed by atoms with E-state index in [1.165, 1.54) is 0 Å². The van der Waals surface area contributed by atoms with Crippen LogP contribution in [0, 0.1) is 0 Å². The van der Waals surface area contributed by atoms with E-state index >= 15 is 0 Å². The number of ether oxygens (including phenoxy) is 2. The Balaban J connectivity index is 2.17. The topological polar surface area (TPSA) is 62.8 Å². The van der Waals surface area contributed by atoms with Gasteiger partial charge < -0.3 is 24.6 Å². The molecule has 0 radical (unpaired) electrons. The van der Waals surface area contributed by atoms with Crippen molar-refractivity contribution in [3.63, 3.8) is 0 Å². The summed E-state index contributed by atoms with van der Waals surface area (Å²) in [6, 6.07) is 3.85. The minimum absolute atomic E-state index is 0.676. The van der Waals surface area contributed by atoms with E-state index in [0.717, 1.165) is 48.8 Å². The first-order valence-electron chi connectivity index (χ1n) is 7.71. The van der Waals surface area contributed by atoms with E-state index in [0.29, 0.717) is 11.5 Å². The zero-order chi connectivity index (χ0) is 16.4. The predicted octanol–water partition coefficient (Wildman–Crippen LogP) is 1.12. The Morgan fingerprint density at radius 3 is 2.30 bits per heavy atom. The van der Waals surface area contributed by atoms with Crippen LogP contribution in [0.4, 0.5) is 11.8 Å². The molecule has 0 atom stereocenters. The summed E-state index contributed by atoms with van der Waals surface area (Å²) in [6.45, 7) is 3.71. The van der Waals surface area contributed by atoms with Crippen LogP contribution in [0.5, 0.6) is 11.5 Å². The predicted molar refractivity (Wildman–Crippen MR) is 92.1 cm³/mol. The molecule has 2 aromatic rings. The van der Waals surface area contributed by atoms with Crippen LogP contribution in [0.2, 0.25) is 0 Å². The molecule has 1 saturated heterocycles. The molecule has 1 fully saturated rings. The van der Waals surface area contributed by atoms with Crippen LogP contribution in [0.1, 0.15) is 0 Å². The van der Waals surface area contributed by atoms with Gasteiger partial charge in [0.2, 0.25) is 5.95 Å². The number of rotatable bonds is 4. The molecule has 1 aliphatic heterocycles. The molecule has 1 aromatic carbocycles. The van der Waals surface area contributed by atoms with Crippen molar-refractivity contribution in [3.8, 4) is 11.5 Å². The van der Waals surface area contributed by atoms with Crippen LogP contribution >= 0.6 is 0 Å². The molecule has 0 aliphatic carbocycles. The number of hydrogen-bond acceptors (Lipinski definition) is 7. The highest BCUT2D eigenvalue weighted by Crippen LogP contribution is 2.35. The highest BCUT2D eigenvalue weighted by Gasteiger charge is 2.18. The fraction of sp³-hybridized carbons (Fsp3) is 0.500. The van der Waals surface area contributed by atoms with Crippen molar-refractivity contribution < 1.29 is 9.47 Å². The number of fused-ring (bicyclic) bond motifs is 1. The van der Waals surface area contributed by atoms with E-state index in [1.54, 1.807) is 14.2 Å². The van der Waals surface area contributed by atoms with Gasteiger partial charge in [-0.25, -0.2) is 4.98 Å². The first kappa shape index (κ1) is 15.6. The minimum atomic E-state index is 0.676. The third-order valence-corrected chi connectivity index (χ3v) is 3.99. The molecule has 1 N–H and O–H groups in total. The second-order valence-corrected chi connectivity index (χ2v) is 5.70. The first-order valence-corrected chi connectivity index (χ1v) is 7.71. The number of piperazine rings is 1. The van der Waals surface area contributed by atoms with Gasteiger partial charge in [-0.3, -0.25) is 0 Å². The minimum Gasteiger partial charge on any atom is -0.493 e. The van der Waals surface area contributed by atoms with Crippen molar-refractivity contribution in [2.24, 2.45) is 0 Å². The van der Waals surface area contributed by atoms with Crippen LogP contribution < -0.4 is 24.6 Å². The number of anilines is 2. The molecular weight excluding hydrogens is 294 g/mol. The summed E-state index contributed by atoms with van der Waals surface area (Å²) >= 11 is 0. The normalized spacial score (nSPS) is 14.9. The number of hydrogen-bond donors (Lipinski definition) is 1. The Hall–Kier alpha value is -2.28. The van der Waals surface area contributed by atoms with E-state index in [1.807, 2.05) is 31.1 Å². The SMILES string of the molecule is COc1cc2nc(N3CCNCC3)nc(N(C)C)c2cc1OC. The van der Waals surface area contributed by atoms with Crippen LogP contribution in [0.3, 0.4) is 0 Å². The Morgan fingerprint density at radius 2 is 1.70 bits per heavy atom. The number of nitrogens with one attached hydrogen (secondary N) is 1. The van der Waals surface area contributed by atoms with Crippen LogP contribution in [-0.4, -0.2) is 64.5 Å². The molecule has 124 valence electrons. The van der Waals surface area contributed by atoms with Gasteiger partial charge in [0.25, 0.3) is 0 Å². The quantitative estimate of drug-likeness (QED) is 0.906. The molecule has 2 heterocycles. The summed E-state index contributed by atoms with van der Waals surface area (Å²) in [5.74, 6) is 3.00. The molecule has 0 amide bonds. The van der Waals surface area contributed by atoms with Crippen LogP contribution in [-0.2, 0) is 0 Å². The number of aromatic nitrogens is 2. The lowest BCUT2D eigenvalue weighted by molar-refractivity contribution is 0.356. The summed E-state index contributed by atoms with van der Waals surface area (Å²) in [6.07, 6.45) is 0. The van der Waals surface area contributed by atoms with E-state index in [-0.39, 0.29) is 0 Å². The highest BCUT2D eigenvalue weighted by molar-refractivity contribution is 5.93. The average molecular weight is 317 g/mol. The van der Waals surface area contributed by atoms with Gasteiger partial charge in [0.1, 0.15) is 5.82 Å². The molecule has 0 saturated carbocycles. The Labute approximate surface area is 136 Å². The maximum atomic E-state index is 5.41. The summed E-state index contributed by atoms with van der Waals surface area (Å²) in [5, 5.41) is 4.30. The zero-order valence-electron chi connectivity index (χ0n) is 14.1. The van der Waals surface area contributed by atoms with Crippen molar-refractivity contribution in [2.75, 3.05) is 64.3 Å². The molecule has 1 aliphatic rings. The Kier molecular flexibility index (Phi) is 4.38. The van der Waals surface area contributed by atoms with Crippen molar-refractivity contribution in [2.45, 2.75) is 0 Å². The van der Waals surface area contributed by atoms with Crippen molar-refractivity contribution >= 4 is 22.7 Å². The highest BCUT2D eigenvalue weighted by atomic mass is 16.5. The van der Waals surface area contributed by atoms with Gasteiger partial charge in [0.15, 0.2) is 11.5 Å². The fourth-order valence-electron chi connectivity index (χ4n) is 2.77. The van der Waals surface area contributed by atoms with Gasteiger partial charge in [-0.2, -0.15) is 4.98 Å². The van der Waals surface area contributed by atoms with E-state index in [9.17, 15) is 0 Å². The molecule has 7 heteroatoms. The number of methoxy groups -OCH3 is 2. The maximum Gasteiger partial charge on any atom is 0.227 e. The zero-order valence-corrected chi connectivity index (χ0v) is 14.1. The van der Waals surface area contributed by atoms with E-state index in [4.69, 9.17) is 19.4 Å². The molecule has 0 unspecified atom stereocenters. The van der Waals surface area contributed by atoms with E-state index < -0.39 is 0 Å². The number of nitrogens with zero attached hydrogens (tertiary/aromatic N) is 4. The van der Waals surface area contributed by atoms with Gasteiger partial charge >= 0.3 is 0 Å². The lowest BCUT2D eigenvalue weighted by Gasteiger charge is -2.28. The summed E-state index contributed by atoms with van der Waals surface area (Å²) in [7, 11) is 7.24. The molecule has 0 spiro atoms. The second-order valence-electron chi connectivity index (χ2n) is 5.70. The van der Waals surface area contributed by atoms with Gasteiger partial charge in [0.05, 0.1) is 19.7 Å².